The fourth-order valence-corrected chi connectivity index (χ4v) is 2.34. The normalized spacial score (nSPS) is 22.5. The Labute approximate surface area is 96.7 Å². The fraction of sp³-hybridized carbons (Fsp3) is 0.750. The number of aliphatic hydroxyl groups excluding tert-OH is 1. The molecule has 2 atom stereocenters. The van der Waals surface area contributed by atoms with Crippen molar-refractivity contribution in [2.45, 2.75) is 51.3 Å². The van der Waals surface area contributed by atoms with Crippen LogP contribution in [0, 0.1) is 0 Å². The van der Waals surface area contributed by atoms with E-state index in [1.807, 2.05) is 12.4 Å². The van der Waals surface area contributed by atoms with Crippen molar-refractivity contribution >= 4 is 0 Å². The molecule has 2 unspecified atom stereocenters. The molecule has 1 aromatic rings. The van der Waals surface area contributed by atoms with Gasteiger partial charge in [-0.2, -0.15) is 0 Å². The van der Waals surface area contributed by atoms with E-state index in [1.165, 1.54) is 6.42 Å². The summed E-state index contributed by atoms with van der Waals surface area (Å²) in [5.74, 6) is 1.00. The first kappa shape index (κ1) is 11.6. The van der Waals surface area contributed by atoms with Crippen molar-refractivity contribution in [1.82, 2.24) is 14.9 Å². The zero-order valence-corrected chi connectivity index (χ0v) is 9.89. The molecule has 4 heteroatoms. The minimum atomic E-state index is -0.305. The second-order valence-electron chi connectivity index (χ2n) is 4.51. The summed E-state index contributed by atoms with van der Waals surface area (Å²) in [7, 11) is 0. The Bertz CT molecular complexity index is 318. The molecule has 0 radical (unpaired) electrons. The molecule has 2 N–H and O–H groups in total. The first-order valence-electron chi connectivity index (χ1n) is 6.22. The molecule has 0 spiro atoms. The summed E-state index contributed by atoms with van der Waals surface area (Å²) in [5, 5.41) is 13.4. The summed E-state index contributed by atoms with van der Waals surface area (Å²) in [6, 6.07) is 0.256. The molecule has 0 bridgehead atoms. The van der Waals surface area contributed by atoms with Gasteiger partial charge in [0.15, 0.2) is 0 Å². The Hall–Kier alpha value is -0.870. The Morgan fingerprint density at radius 2 is 2.56 bits per heavy atom. The highest BCUT2D eigenvalue weighted by Gasteiger charge is 2.23. The van der Waals surface area contributed by atoms with Gasteiger partial charge in [0.25, 0.3) is 0 Å². The van der Waals surface area contributed by atoms with E-state index in [0.717, 1.165) is 31.8 Å². The molecule has 1 fully saturated rings. The number of imidazole rings is 1. The van der Waals surface area contributed by atoms with Crippen molar-refractivity contribution in [2.24, 2.45) is 0 Å². The van der Waals surface area contributed by atoms with Gasteiger partial charge in [0, 0.05) is 31.4 Å². The minimum absolute atomic E-state index is 0.256. The molecule has 1 saturated heterocycles. The first-order valence-corrected chi connectivity index (χ1v) is 6.22. The number of nitrogens with one attached hydrogen (secondary N) is 1. The molecule has 0 aliphatic carbocycles. The molecular weight excluding hydrogens is 202 g/mol. The molecule has 2 rings (SSSR count). The molecule has 90 valence electrons. The summed E-state index contributed by atoms with van der Waals surface area (Å²) >= 11 is 0. The Morgan fingerprint density at radius 3 is 3.25 bits per heavy atom. The van der Waals surface area contributed by atoms with E-state index < -0.39 is 0 Å². The first-order chi connectivity index (χ1) is 7.81. The van der Waals surface area contributed by atoms with Crippen molar-refractivity contribution in [3.8, 4) is 0 Å². The summed E-state index contributed by atoms with van der Waals surface area (Å²) < 4.78 is 2.14. The van der Waals surface area contributed by atoms with E-state index in [2.05, 4.69) is 21.8 Å². The van der Waals surface area contributed by atoms with Gasteiger partial charge in [-0.15, -0.1) is 0 Å². The van der Waals surface area contributed by atoms with Crippen LogP contribution in [0.1, 0.15) is 32.0 Å². The molecule has 1 aromatic heterocycles. The summed E-state index contributed by atoms with van der Waals surface area (Å²) in [6.45, 7) is 4.17. The number of nitrogens with zero attached hydrogens (tertiary/aromatic N) is 2. The van der Waals surface area contributed by atoms with Crippen LogP contribution in [-0.4, -0.2) is 33.3 Å². The molecule has 16 heavy (non-hydrogen) atoms. The highest BCUT2D eigenvalue weighted by atomic mass is 16.3. The molecule has 0 aromatic carbocycles. The Morgan fingerprint density at radius 1 is 1.69 bits per heavy atom. The maximum Gasteiger partial charge on any atom is 0.111 e. The summed E-state index contributed by atoms with van der Waals surface area (Å²) in [6.07, 6.45) is 7.51. The van der Waals surface area contributed by atoms with Gasteiger partial charge in [0.05, 0.1) is 6.10 Å². The smallest absolute Gasteiger partial charge is 0.111 e. The topological polar surface area (TPSA) is 50.1 Å². The number of hydrogen-bond donors (Lipinski definition) is 2. The van der Waals surface area contributed by atoms with Crippen LogP contribution < -0.4 is 5.32 Å². The van der Waals surface area contributed by atoms with Gasteiger partial charge in [-0.1, -0.05) is 6.92 Å². The zero-order valence-electron chi connectivity index (χ0n) is 9.89. The predicted molar refractivity (Wildman–Crippen MR) is 63.3 cm³/mol. The number of rotatable bonds is 5. The third-order valence-electron chi connectivity index (χ3n) is 3.22. The van der Waals surface area contributed by atoms with E-state index in [4.69, 9.17) is 0 Å². The maximum atomic E-state index is 10.1. The van der Waals surface area contributed by atoms with Crippen LogP contribution in [0.4, 0.5) is 0 Å². The molecular formula is C12H21N3O. The van der Waals surface area contributed by atoms with Crippen LogP contribution in [0.2, 0.25) is 0 Å². The molecule has 0 amide bonds. The van der Waals surface area contributed by atoms with Gasteiger partial charge in [-0.3, -0.25) is 0 Å². The minimum Gasteiger partial charge on any atom is -0.391 e. The second kappa shape index (κ2) is 5.46. The lowest BCUT2D eigenvalue weighted by molar-refractivity contribution is 0.132. The fourth-order valence-electron chi connectivity index (χ4n) is 2.34. The second-order valence-corrected chi connectivity index (χ2v) is 4.51. The molecule has 2 heterocycles. The van der Waals surface area contributed by atoms with Crippen molar-refractivity contribution in [1.29, 1.82) is 0 Å². The van der Waals surface area contributed by atoms with Crippen molar-refractivity contribution in [2.75, 3.05) is 6.54 Å². The lowest BCUT2D eigenvalue weighted by atomic mass is 10.1. The number of hydrogen-bond acceptors (Lipinski definition) is 3. The van der Waals surface area contributed by atoms with E-state index in [0.29, 0.717) is 6.42 Å². The monoisotopic (exact) mass is 223 g/mol. The van der Waals surface area contributed by atoms with Gasteiger partial charge >= 0.3 is 0 Å². The van der Waals surface area contributed by atoms with Crippen molar-refractivity contribution in [3.05, 3.63) is 18.2 Å². The summed E-state index contributed by atoms with van der Waals surface area (Å²) in [5.41, 5.74) is 0. The third kappa shape index (κ3) is 2.62. The Kier molecular flexibility index (Phi) is 3.96. The van der Waals surface area contributed by atoms with Crippen LogP contribution in [0.15, 0.2) is 12.4 Å². The molecule has 4 nitrogen and oxygen atoms in total. The van der Waals surface area contributed by atoms with Crippen LogP contribution in [0.25, 0.3) is 0 Å². The lowest BCUT2D eigenvalue weighted by Crippen LogP contribution is -2.36. The molecule has 1 aliphatic heterocycles. The van der Waals surface area contributed by atoms with Gasteiger partial charge in [0.2, 0.25) is 0 Å². The van der Waals surface area contributed by atoms with Gasteiger partial charge in [-0.25, -0.2) is 4.98 Å². The zero-order chi connectivity index (χ0) is 11.4. The third-order valence-corrected chi connectivity index (χ3v) is 3.22. The van der Waals surface area contributed by atoms with Gasteiger partial charge in [0.1, 0.15) is 5.82 Å². The average Bonchev–Trinajstić information content (AvgIpc) is 2.90. The van der Waals surface area contributed by atoms with Crippen LogP contribution in [-0.2, 0) is 13.0 Å². The molecule has 0 saturated carbocycles. The van der Waals surface area contributed by atoms with E-state index >= 15 is 0 Å². The van der Waals surface area contributed by atoms with E-state index in [9.17, 15) is 5.11 Å². The number of aromatic nitrogens is 2. The largest absolute Gasteiger partial charge is 0.391 e. The van der Waals surface area contributed by atoms with E-state index in [-0.39, 0.29) is 12.1 Å². The Balaban J connectivity index is 1.94. The van der Waals surface area contributed by atoms with Gasteiger partial charge in [-0.05, 0) is 25.8 Å². The SMILES string of the molecule is CCCn1ccnc1CC(O)C1CCCN1. The quantitative estimate of drug-likeness (QED) is 0.781. The van der Waals surface area contributed by atoms with Crippen molar-refractivity contribution in [3.63, 3.8) is 0 Å². The van der Waals surface area contributed by atoms with Crippen molar-refractivity contribution < 1.29 is 5.11 Å². The van der Waals surface area contributed by atoms with E-state index in [1.54, 1.807) is 0 Å². The van der Waals surface area contributed by atoms with Gasteiger partial charge < -0.3 is 15.0 Å². The number of aryl methyl sites for hydroxylation is 1. The average molecular weight is 223 g/mol. The highest BCUT2D eigenvalue weighted by Crippen LogP contribution is 2.13. The van der Waals surface area contributed by atoms with Crippen LogP contribution in [0.3, 0.4) is 0 Å². The van der Waals surface area contributed by atoms with Crippen LogP contribution >= 0.6 is 0 Å². The standard InChI is InChI=1S/C12H21N3O/c1-2-7-15-8-6-14-12(15)9-11(16)10-4-3-5-13-10/h6,8,10-11,13,16H,2-5,7,9H2,1H3. The summed E-state index contributed by atoms with van der Waals surface area (Å²) in [4.78, 5) is 4.32. The lowest BCUT2D eigenvalue weighted by Gasteiger charge is -2.18. The highest BCUT2D eigenvalue weighted by molar-refractivity contribution is 4.97. The maximum absolute atomic E-state index is 10.1. The number of aliphatic hydroxyl groups is 1. The molecule has 1 aliphatic rings. The van der Waals surface area contributed by atoms with Crippen LogP contribution in [0.5, 0.6) is 0 Å². The predicted octanol–water partition coefficient (Wildman–Crippen LogP) is 0.948.